The molecule has 0 atom stereocenters. The molecular weight excluding hydrogens is 168 g/mol. The molecule has 0 heterocycles. The van der Waals surface area contributed by atoms with E-state index in [0.29, 0.717) is 5.75 Å². The maximum atomic E-state index is 11.0. The standard InChI is InChI=1S/C6H14O2S2/c1-3-5-9-10(7,8)6-4-2/h3-6H2,1-2H3. The van der Waals surface area contributed by atoms with E-state index in [1.165, 1.54) is 0 Å². The summed E-state index contributed by atoms with van der Waals surface area (Å²) in [5.41, 5.74) is 0. The molecule has 0 fully saturated rings. The van der Waals surface area contributed by atoms with Crippen molar-refractivity contribution in [3.8, 4) is 0 Å². The fourth-order valence-corrected chi connectivity index (χ4v) is 3.67. The highest BCUT2D eigenvalue weighted by Gasteiger charge is 2.07. The van der Waals surface area contributed by atoms with Crippen molar-refractivity contribution in [1.29, 1.82) is 0 Å². The minimum Gasteiger partial charge on any atom is -0.217 e. The first-order valence-electron chi connectivity index (χ1n) is 3.49. The zero-order valence-electron chi connectivity index (χ0n) is 6.46. The fraction of sp³-hybridized carbons (Fsp3) is 1.00. The second-order valence-corrected chi connectivity index (χ2v) is 6.48. The molecule has 0 bridgehead atoms. The van der Waals surface area contributed by atoms with E-state index >= 15 is 0 Å². The van der Waals surface area contributed by atoms with Gasteiger partial charge in [0, 0.05) is 5.75 Å². The van der Waals surface area contributed by atoms with Gasteiger partial charge in [-0.3, -0.25) is 0 Å². The van der Waals surface area contributed by atoms with E-state index < -0.39 is 8.87 Å². The van der Waals surface area contributed by atoms with Gasteiger partial charge in [0.25, 0.3) is 0 Å². The lowest BCUT2D eigenvalue weighted by Gasteiger charge is -1.98. The summed E-state index contributed by atoms with van der Waals surface area (Å²) in [5, 5.41) is 0. The first kappa shape index (κ1) is 10.3. The molecule has 0 aliphatic heterocycles. The Morgan fingerprint density at radius 3 is 2.20 bits per heavy atom. The third-order valence-electron chi connectivity index (χ3n) is 0.921. The van der Waals surface area contributed by atoms with Gasteiger partial charge in [0.05, 0.1) is 5.75 Å². The summed E-state index contributed by atoms with van der Waals surface area (Å²) in [4.78, 5) is 0. The normalized spacial score (nSPS) is 11.8. The lowest BCUT2D eigenvalue weighted by atomic mass is 10.6. The quantitative estimate of drug-likeness (QED) is 0.609. The monoisotopic (exact) mass is 182 g/mol. The van der Waals surface area contributed by atoms with Gasteiger partial charge >= 0.3 is 0 Å². The molecule has 0 aromatic rings. The number of rotatable bonds is 5. The zero-order chi connectivity index (χ0) is 8.04. The maximum absolute atomic E-state index is 11.0. The van der Waals surface area contributed by atoms with Crippen LogP contribution in [0.5, 0.6) is 0 Å². The highest BCUT2D eigenvalue weighted by Crippen LogP contribution is 2.14. The molecule has 0 aliphatic carbocycles. The Kier molecular flexibility index (Phi) is 5.17. The Balaban J connectivity index is 3.65. The van der Waals surface area contributed by atoms with Crippen molar-refractivity contribution < 1.29 is 8.42 Å². The average Bonchev–Trinajstić information content (AvgIpc) is 1.84. The van der Waals surface area contributed by atoms with E-state index in [1.54, 1.807) is 0 Å². The van der Waals surface area contributed by atoms with E-state index in [9.17, 15) is 8.42 Å². The van der Waals surface area contributed by atoms with Gasteiger partial charge in [-0.05, 0) is 23.6 Å². The van der Waals surface area contributed by atoms with E-state index in [4.69, 9.17) is 0 Å². The fourth-order valence-electron chi connectivity index (χ4n) is 0.519. The van der Waals surface area contributed by atoms with Crippen molar-refractivity contribution in [1.82, 2.24) is 0 Å². The van der Waals surface area contributed by atoms with E-state index in [2.05, 4.69) is 0 Å². The summed E-state index contributed by atoms with van der Waals surface area (Å²) >= 11 is 0. The van der Waals surface area contributed by atoms with Gasteiger partial charge in [-0.15, -0.1) is 0 Å². The van der Waals surface area contributed by atoms with Gasteiger partial charge < -0.3 is 0 Å². The van der Waals surface area contributed by atoms with Crippen LogP contribution in [0.15, 0.2) is 0 Å². The molecule has 0 radical (unpaired) electrons. The van der Waals surface area contributed by atoms with Crippen molar-refractivity contribution in [2.45, 2.75) is 26.7 Å². The predicted octanol–water partition coefficient (Wildman–Crippen LogP) is 1.87. The number of hydrogen-bond acceptors (Lipinski definition) is 3. The van der Waals surface area contributed by atoms with Gasteiger partial charge in [-0.25, -0.2) is 8.42 Å². The van der Waals surface area contributed by atoms with Crippen LogP contribution in [0, 0.1) is 0 Å². The summed E-state index contributed by atoms with van der Waals surface area (Å²) in [5.74, 6) is 1.04. The van der Waals surface area contributed by atoms with Gasteiger partial charge in [-0.2, -0.15) is 0 Å². The van der Waals surface area contributed by atoms with Crippen molar-refractivity contribution in [3.63, 3.8) is 0 Å². The molecular formula is C6H14O2S2. The maximum Gasteiger partial charge on any atom is 0.201 e. The van der Waals surface area contributed by atoms with Crippen molar-refractivity contribution in [2.75, 3.05) is 11.5 Å². The van der Waals surface area contributed by atoms with Crippen LogP contribution < -0.4 is 0 Å². The second-order valence-electron chi connectivity index (χ2n) is 2.08. The van der Waals surface area contributed by atoms with E-state index in [-0.39, 0.29) is 0 Å². The van der Waals surface area contributed by atoms with Crippen LogP contribution >= 0.6 is 10.8 Å². The Hall–Kier alpha value is 0.300. The first-order valence-corrected chi connectivity index (χ1v) is 6.65. The van der Waals surface area contributed by atoms with Gasteiger partial charge in [0.1, 0.15) is 0 Å². The molecule has 0 saturated carbocycles. The topological polar surface area (TPSA) is 34.1 Å². The smallest absolute Gasteiger partial charge is 0.201 e. The van der Waals surface area contributed by atoms with Gasteiger partial charge in [0.2, 0.25) is 8.87 Å². The summed E-state index contributed by atoms with van der Waals surface area (Å²) < 4.78 is 21.9. The summed E-state index contributed by atoms with van der Waals surface area (Å²) in [7, 11) is -1.70. The SMILES string of the molecule is CCCSS(=O)(=O)CCC. The molecule has 10 heavy (non-hydrogen) atoms. The minimum atomic E-state index is -2.78. The largest absolute Gasteiger partial charge is 0.217 e. The average molecular weight is 182 g/mol. The minimum absolute atomic E-state index is 0.317. The van der Waals surface area contributed by atoms with Crippen LogP contribution in [0.3, 0.4) is 0 Å². The molecule has 2 nitrogen and oxygen atoms in total. The molecule has 0 rings (SSSR count). The summed E-state index contributed by atoms with van der Waals surface area (Å²) in [6.07, 6.45) is 1.65. The lowest BCUT2D eigenvalue weighted by molar-refractivity contribution is 0.609. The van der Waals surface area contributed by atoms with Crippen molar-refractivity contribution in [2.24, 2.45) is 0 Å². The van der Waals surface area contributed by atoms with Gasteiger partial charge in [0.15, 0.2) is 0 Å². The summed E-state index contributed by atoms with van der Waals surface area (Å²) in [6.45, 7) is 3.86. The first-order chi connectivity index (χ1) is 4.62. The molecule has 62 valence electrons. The van der Waals surface area contributed by atoms with E-state index in [0.717, 1.165) is 29.4 Å². The molecule has 4 heteroatoms. The third kappa shape index (κ3) is 5.11. The predicted molar refractivity (Wildman–Crippen MR) is 46.8 cm³/mol. The molecule has 0 spiro atoms. The van der Waals surface area contributed by atoms with Crippen LogP contribution in [0.4, 0.5) is 0 Å². The Morgan fingerprint density at radius 1 is 1.20 bits per heavy atom. The molecule has 0 saturated heterocycles. The van der Waals surface area contributed by atoms with Crippen LogP contribution in [-0.4, -0.2) is 19.9 Å². The highest BCUT2D eigenvalue weighted by atomic mass is 33.1. The van der Waals surface area contributed by atoms with E-state index in [1.807, 2.05) is 13.8 Å². The summed E-state index contributed by atoms with van der Waals surface area (Å²) in [6, 6.07) is 0. The second kappa shape index (κ2) is 5.02. The molecule has 0 aromatic heterocycles. The van der Waals surface area contributed by atoms with Crippen LogP contribution in [0.1, 0.15) is 26.7 Å². The highest BCUT2D eigenvalue weighted by molar-refractivity contribution is 8.72. The van der Waals surface area contributed by atoms with Crippen LogP contribution in [-0.2, 0) is 8.87 Å². The molecule has 0 N–H and O–H groups in total. The van der Waals surface area contributed by atoms with Gasteiger partial charge in [-0.1, -0.05) is 13.8 Å². The molecule has 0 aliphatic rings. The zero-order valence-corrected chi connectivity index (χ0v) is 8.09. The Bertz CT molecular complexity index is 161. The Morgan fingerprint density at radius 2 is 1.80 bits per heavy atom. The van der Waals surface area contributed by atoms with Crippen LogP contribution in [0.2, 0.25) is 0 Å². The van der Waals surface area contributed by atoms with Crippen molar-refractivity contribution >= 4 is 19.7 Å². The number of hydrogen-bond donors (Lipinski definition) is 0. The third-order valence-corrected chi connectivity index (χ3v) is 4.84. The molecule has 0 amide bonds. The van der Waals surface area contributed by atoms with Crippen LogP contribution in [0.25, 0.3) is 0 Å². The lowest BCUT2D eigenvalue weighted by Crippen LogP contribution is -1.99. The molecule has 0 unspecified atom stereocenters. The Labute approximate surface area is 66.7 Å². The molecule has 0 aromatic carbocycles. The van der Waals surface area contributed by atoms with Crippen molar-refractivity contribution in [3.05, 3.63) is 0 Å².